The highest BCUT2D eigenvalue weighted by molar-refractivity contribution is 7.12. The lowest BCUT2D eigenvalue weighted by molar-refractivity contribution is -0.116. The third-order valence-electron chi connectivity index (χ3n) is 2.77. The van der Waals surface area contributed by atoms with Gasteiger partial charge in [-0.15, -0.1) is 11.3 Å². The average molecular weight is 293 g/mol. The van der Waals surface area contributed by atoms with E-state index in [1.165, 1.54) is 18.4 Å². The minimum atomic E-state index is -0.437. The molecule has 0 saturated heterocycles. The molecular formula is C13H15N3O3S. The third-order valence-corrected chi connectivity index (χ3v) is 3.84. The second-order valence-electron chi connectivity index (χ2n) is 4.21. The van der Waals surface area contributed by atoms with Gasteiger partial charge in [-0.2, -0.15) is 0 Å². The Bertz CT molecular complexity index is 604. The molecule has 0 bridgehead atoms. The number of rotatable bonds is 5. The molecule has 0 aliphatic heterocycles. The van der Waals surface area contributed by atoms with Crippen molar-refractivity contribution in [2.45, 2.75) is 19.9 Å². The molecule has 0 aliphatic rings. The van der Waals surface area contributed by atoms with Crippen molar-refractivity contribution in [3.8, 4) is 0 Å². The van der Waals surface area contributed by atoms with Crippen LogP contribution < -0.4 is 5.32 Å². The summed E-state index contributed by atoms with van der Waals surface area (Å²) in [7, 11) is 1.32. The lowest BCUT2D eigenvalue weighted by Gasteiger charge is -2.07. The van der Waals surface area contributed by atoms with Gasteiger partial charge in [-0.3, -0.25) is 4.79 Å². The van der Waals surface area contributed by atoms with E-state index in [0.717, 1.165) is 5.56 Å². The van der Waals surface area contributed by atoms with Gasteiger partial charge in [-0.25, -0.2) is 9.78 Å². The summed E-state index contributed by atoms with van der Waals surface area (Å²) in [6.07, 6.45) is 5.43. The standard InChI is InChI=1S/C13H15N3O3S/c1-9-7-20-12(13(18)19-2)11(9)15-10(17)3-5-16-6-4-14-8-16/h4,6-8H,3,5H2,1-2H3,(H,15,17). The summed E-state index contributed by atoms with van der Waals surface area (Å²) in [4.78, 5) is 27.9. The van der Waals surface area contributed by atoms with Crippen LogP contribution in [0.3, 0.4) is 0 Å². The molecule has 0 unspecified atom stereocenters. The van der Waals surface area contributed by atoms with Gasteiger partial charge in [-0.05, 0) is 17.9 Å². The van der Waals surface area contributed by atoms with Crippen molar-refractivity contribution in [1.82, 2.24) is 9.55 Å². The predicted molar refractivity (Wildman–Crippen MR) is 75.9 cm³/mol. The molecule has 2 rings (SSSR count). The van der Waals surface area contributed by atoms with Crippen molar-refractivity contribution in [2.24, 2.45) is 0 Å². The van der Waals surface area contributed by atoms with Gasteiger partial charge in [0.25, 0.3) is 0 Å². The molecule has 1 amide bonds. The maximum absolute atomic E-state index is 11.9. The molecule has 6 nitrogen and oxygen atoms in total. The zero-order chi connectivity index (χ0) is 14.5. The molecule has 0 radical (unpaired) electrons. The number of methoxy groups -OCH3 is 1. The highest BCUT2D eigenvalue weighted by atomic mass is 32.1. The van der Waals surface area contributed by atoms with E-state index in [-0.39, 0.29) is 5.91 Å². The normalized spacial score (nSPS) is 10.3. The summed E-state index contributed by atoms with van der Waals surface area (Å²) in [5.41, 5.74) is 1.39. The zero-order valence-corrected chi connectivity index (χ0v) is 12.1. The third kappa shape index (κ3) is 3.24. The Hall–Kier alpha value is -2.15. The maximum atomic E-state index is 11.9. The minimum Gasteiger partial charge on any atom is -0.465 e. The van der Waals surface area contributed by atoms with Gasteiger partial charge in [0.15, 0.2) is 0 Å². The fourth-order valence-electron chi connectivity index (χ4n) is 1.69. The van der Waals surface area contributed by atoms with Crippen molar-refractivity contribution in [2.75, 3.05) is 12.4 Å². The first-order valence-corrected chi connectivity index (χ1v) is 6.91. The Morgan fingerprint density at radius 1 is 1.50 bits per heavy atom. The molecular weight excluding hydrogens is 278 g/mol. The van der Waals surface area contributed by atoms with Crippen molar-refractivity contribution >= 4 is 28.9 Å². The zero-order valence-electron chi connectivity index (χ0n) is 11.3. The van der Waals surface area contributed by atoms with E-state index in [4.69, 9.17) is 4.74 Å². The number of nitrogens with zero attached hydrogens (tertiary/aromatic N) is 2. The lowest BCUT2D eigenvalue weighted by Crippen LogP contribution is -2.16. The summed E-state index contributed by atoms with van der Waals surface area (Å²) >= 11 is 1.26. The second-order valence-corrected chi connectivity index (χ2v) is 5.09. The topological polar surface area (TPSA) is 73.2 Å². The Morgan fingerprint density at radius 3 is 2.95 bits per heavy atom. The lowest BCUT2D eigenvalue weighted by atomic mass is 10.2. The molecule has 106 valence electrons. The maximum Gasteiger partial charge on any atom is 0.350 e. The molecule has 7 heteroatoms. The number of esters is 1. The summed E-state index contributed by atoms with van der Waals surface area (Å²) in [6, 6.07) is 0. The Kier molecular flexibility index (Phi) is 4.52. The summed E-state index contributed by atoms with van der Waals surface area (Å²) in [5.74, 6) is -0.585. The van der Waals surface area contributed by atoms with Crippen LogP contribution >= 0.6 is 11.3 Å². The average Bonchev–Trinajstić information content (AvgIpc) is 3.07. The number of aromatic nitrogens is 2. The van der Waals surface area contributed by atoms with Crippen LogP contribution in [0.2, 0.25) is 0 Å². The number of hydrogen-bond acceptors (Lipinski definition) is 5. The summed E-state index contributed by atoms with van der Waals surface area (Å²) < 4.78 is 6.52. The van der Waals surface area contributed by atoms with Gasteiger partial charge in [0.05, 0.1) is 19.1 Å². The van der Waals surface area contributed by atoms with E-state index in [2.05, 4.69) is 10.3 Å². The number of nitrogens with one attached hydrogen (secondary N) is 1. The number of thiophene rings is 1. The summed E-state index contributed by atoms with van der Waals surface area (Å²) in [6.45, 7) is 2.39. The van der Waals surface area contributed by atoms with Gasteiger partial charge in [0.1, 0.15) is 4.88 Å². The molecule has 2 heterocycles. The first-order chi connectivity index (χ1) is 9.61. The minimum absolute atomic E-state index is 0.148. The Labute approximate surface area is 120 Å². The molecule has 0 aliphatic carbocycles. The van der Waals surface area contributed by atoms with Gasteiger partial charge in [0.2, 0.25) is 5.91 Å². The van der Waals surface area contributed by atoms with E-state index in [1.54, 1.807) is 18.7 Å². The van der Waals surface area contributed by atoms with Crippen molar-refractivity contribution < 1.29 is 14.3 Å². The molecule has 0 aromatic carbocycles. The summed E-state index contributed by atoms with van der Waals surface area (Å²) in [5, 5.41) is 4.59. The molecule has 1 N–H and O–H groups in total. The fourth-order valence-corrected chi connectivity index (χ4v) is 2.62. The molecule has 2 aromatic rings. The highest BCUT2D eigenvalue weighted by Gasteiger charge is 2.18. The highest BCUT2D eigenvalue weighted by Crippen LogP contribution is 2.28. The number of carbonyl (C=O) groups excluding carboxylic acids is 2. The van der Waals surface area contributed by atoms with Gasteiger partial charge >= 0.3 is 5.97 Å². The van der Waals surface area contributed by atoms with Crippen molar-refractivity contribution in [1.29, 1.82) is 0 Å². The predicted octanol–water partition coefficient (Wildman–Crippen LogP) is 2.07. The number of imidazole rings is 1. The van der Waals surface area contributed by atoms with Crippen LogP contribution in [-0.4, -0.2) is 28.5 Å². The second kappa shape index (κ2) is 6.33. The Balaban J connectivity index is 2.00. The van der Waals surface area contributed by atoms with Crippen LogP contribution in [0.1, 0.15) is 21.7 Å². The number of aryl methyl sites for hydroxylation is 2. The number of anilines is 1. The van der Waals surface area contributed by atoms with Crippen LogP contribution in [0.4, 0.5) is 5.69 Å². The first kappa shape index (κ1) is 14.3. The molecule has 2 aromatic heterocycles. The smallest absolute Gasteiger partial charge is 0.350 e. The van der Waals surface area contributed by atoms with Crippen LogP contribution in [0, 0.1) is 6.92 Å². The van der Waals surface area contributed by atoms with E-state index in [1.807, 2.05) is 16.9 Å². The molecule has 20 heavy (non-hydrogen) atoms. The quantitative estimate of drug-likeness (QED) is 0.856. The number of carbonyl (C=O) groups is 2. The Morgan fingerprint density at radius 2 is 2.30 bits per heavy atom. The van der Waals surface area contributed by atoms with E-state index >= 15 is 0 Å². The van der Waals surface area contributed by atoms with Crippen LogP contribution in [0.25, 0.3) is 0 Å². The molecule has 0 atom stereocenters. The monoisotopic (exact) mass is 293 g/mol. The largest absolute Gasteiger partial charge is 0.465 e. The SMILES string of the molecule is COC(=O)c1scc(C)c1NC(=O)CCn1ccnc1. The van der Waals surface area contributed by atoms with Crippen LogP contribution in [0.5, 0.6) is 0 Å². The van der Waals surface area contributed by atoms with Crippen LogP contribution in [-0.2, 0) is 16.1 Å². The van der Waals surface area contributed by atoms with Gasteiger partial charge < -0.3 is 14.6 Å². The number of hydrogen-bond donors (Lipinski definition) is 1. The van der Waals surface area contributed by atoms with Gasteiger partial charge in [0, 0.05) is 25.4 Å². The fraction of sp³-hybridized carbons (Fsp3) is 0.308. The van der Waals surface area contributed by atoms with Gasteiger partial charge in [-0.1, -0.05) is 0 Å². The number of ether oxygens (including phenoxy) is 1. The molecule has 0 fully saturated rings. The first-order valence-electron chi connectivity index (χ1n) is 6.04. The molecule has 0 saturated carbocycles. The number of amides is 1. The van der Waals surface area contributed by atoms with Crippen LogP contribution in [0.15, 0.2) is 24.1 Å². The molecule has 0 spiro atoms. The van der Waals surface area contributed by atoms with E-state index < -0.39 is 5.97 Å². The van der Waals surface area contributed by atoms with E-state index in [9.17, 15) is 9.59 Å². The van der Waals surface area contributed by atoms with Crippen molar-refractivity contribution in [3.05, 3.63) is 34.5 Å². The van der Waals surface area contributed by atoms with Crippen molar-refractivity contribution in [3.63, 3.8) is 0 Å². The van der Waals surface area contributed by atoms with E-state index in [0.29, 0.717) is 23.5 Å².